The third-order valence-electron chi connectivity index (χ3n) is 3.87. The fourth-order valence-electron chi connectivity index (χ4n) is 2.48. The van der Waals surface area contributed by atoms with Gasteiger partial charge >= 0.3 is 0 Å². The smallest absolute Gasteiger partial charge is 0.175 e. The minimum absolute atomic E-state index is 0.389. The largest absolute Gasteiger partial charge is 0.494 e. The second-order valence-corrected chi connectivity index (χ2v) is 8.15. The van der Waals surface area contributed by atoms with Crippen LogP contribution in [0.4, 0.5) is 5.69 Å². The van der Waals surface area contributed by atoms with E-state index in [0.717, 1.165) is 34.1 Å². The molecule has 0 aromatic heterocycles. The molecule has 0 radical (unpaired) electrons. The Kier molecular flexibility index (Phi) is 5.82. The van der Waals surface area contributed by atoms with Gasteiger partial charge in [-0.15, -0.1) is 11.8 Å². The normalized spacial score (nSPS) is 14.7. The van der Waals surface area contributed by atoms with Gasteiger partial charge in [0.05, 0.1) is 22.3 Å². The Hall–Kier alpha value is -1.36. The summed E-state index contributed by atoms with van der Waals surface area (Å²) in [4.78, 5) is 5.37. The van der Waals surface area contributed by atoms with Crippen molar-refractivity contribution in [2.75, 3.05) is 12.4 Å². The Labute approximate surface area is 162 Å². The maximum absolute atomic E-state index is 6.02. The molecule has 0 spiro atoms. The van der Waals surface area contributed by atoms with Gasteiger partial charge in [-0.25, -0.2) is 4.99 Å². The van der Waals surface area contributed by atoms with E-state index < -0.39 is 0 Å². The van der Waals surface area contributed by atoms with E-state index in [4.69, 9.17) is 32.7 Å². The number of benzene rings is 2. The van der Waals surface area contributed by atoms with E-state index in [0.29, 0.717) is 16.7 Å². The number of aliphatic imine (C=N–C) groups is 1. The van der Waals surface area contributed by atoms with Crippen molar-refractivity contribution in [3.8, 4) is 5.75 Å². The Morgan fingerprint density at radius 1 is 1.12 bits per heavy atom. The van der Waals surface area contributed by atoms with Gasteiger partial charge in [-0.3, -0.25) is 0 Å². The van der Waals surface area contributed by atoms with Gasteiger partial charge in [0, 0.05) is 16.2 Å². The third-order valence-corrected chi connectivity index (χ3v) is 5.69. The fourth-order valence-corrected chi connectivity index (χ4v) is 3.71. The molecule has 0 saturated carbocycles. The zero-order valence-electron chi connectivity index (χ0n) is 14.1. The molecule has 0 amide bonds. The number of thioether (sulfide) groups is 1. The average Bonchev–Trinajstić information content (AvgIpc) is 2.58. The van der Waals surface area contributed by atoms with Crippen LogP contribution < -0.4 is 4.74 Å². The Balaban J connectivity index is 1.49. The van der Waals surface area contributed by atoms with Gasteiger partial charge in [-0.1, -0.05) is 23.2 Å². The molecule has 0 fully saturated rings. The first-order chi connectivity index (χ1) is 12.0. The highest BCUT2D eigenvalue weighted by Crippen LogP contribution is 2.37. The van der Waals surface area contributed by atoms with Crippen LogP contribution in [0.15, 0.2) is 46.3 Å². The lowest BCUT2D eigenvalue weighted by atomic mass is 9.95. The fraction of sp³-hybridized carbons (Fsp3) is 0.316. The van der Waals surface area contributed by atoms with Gasteiger partial charge in [0.1, 0.15) is 11.4 Å². The second-order valence-electron chi connectivity index (χ2n) is 6.17. The summed E-state index contributed by atoms with van der Waals surface area (Å²) in [6, 6.07) is 11.6. The number of ether oxygens (including phenoxy) is 2. The first-order valence-corrected chi connectivity index (χ1v) is 9.75. The summed E-state index contributed by atoms with van der Waals surface area (Å²) in [5.41, 5.74) is 1.58. The Morgan fingerprint density at radius 3 is 2.76 bits per heavy atom. The molecule has 1 aliphatic heterocycles. The molecule has 6 heteroatoms. The van der Waals surface area contributed by atoms with Crippen molar-refractivity contribution in [3.05, 3.63) is 52.0 Å². The molecule has 0 aliphatic carbocycles. The minimum atomic E-state index is -0.389. The molecule has 25 heavy (non-hydrogen) atoms. The van der Waals surface area contributed by atoms with Crippen molar-refractivity contribution in [3.63, 3.8) is 0 Å². The molecule has 3 nitrogen and oxygen atoms in total. The lowest BCUT2D eigenvalue weighted by Crippen LogP contribution is -2.23. The van der Waals surface area contributed by atoms with Gasteiger partial charge in [-0.05, 0) is 56.7 Å². The number of rotatable bonds is 6. The molecule has 2 aromatic rings. The van der Waals surface area contributed by atoms with Crippen molar-refractivity contribution >= 4 is 47.1 Å². The summed E-state index contributed by atoms with van der Waals surface area (Å²) in [7, 11) is 0. The standard InChI is InChI=1S/C19H19Cl2NO2S/c1-19(2)15-10-13(4-7-18(15)22-12-24-19)23-8-3-9-25-14-5-6-16(20)17(21)11-14/h4-7,10-12H,3,8-9H2,1-2H3. The van der Waals surface area contributed by atoms with E-state index in [1.54, 1.807) is 11.8 Å². The van der Waals surface area contributed by atoms with Gasteiger partial charge in [-0.2, -0.15) is 0 Å². The Bertz CT molecular complexity index is 793. The molecule has 2 aromatic carbocycles. The highest BCUT2D eigenvalue weighted by molar-refractivity contribution is 7.99. The van der Waals surface area contributed by atoms with E-state index in [1.807, 2.05) is 50.2 Å². The quantitative estimate of drug-likeness (QED) is 0.414. The monoisotopic (exact) mass is 395 g/mol. The van der Waals surface area contributed by atoms with Gasteiger partial charge in [0.15, 0.2) is 6.40 Å². The summed E-state index contributed by atoms with van der Waals surface area (Å²) >= 11 is 13.7. The number of halogens is 2. The number of hydrogen-bond acceptors (Lipinski definition) is 4. The molecule has 1 aliphatic rings. The van der Waals surface area contributed by atoms with Crippen LogP contribution in [-0.2, 0) is 10.3 Å². The zero-order valence-corrected chi connectivity index (χ0v) is 16.4. The predicted molar refractivity (Wildman–Crippen MR) is 106 cm³/mol. The van der Waals surface area contributed by atoms with Crippen LogP contribution in [0.2, 0.25) is 10.0 Å². The highest BCUT2D eigenvalue weighted by Gasteiger charge is 2.27. The summed E-state index contributed by atoms with van der Waals surface area (Å²) in [5, 5.41) is 1.17. The zero-order chi connectivity index (χ0) is 17.9. The van der Waals surface area contributed by atoms with Crippen molar-refractivity contribution < 1.29 is 9.47 Å². The highest BCUT2D eigenvalue weighted by atomic mass is 35.5. The van der Waals surface area contributed by atoms with Crippen LogP contribution in [0.25, 0.3) is 0 Å². The molecule has 3 rings (SSSR count). The van der Waals surface area contributed by atoms with Crippen molar-refractivity contribution in [2.45, 2.75) is 30.8 Å². The minimum Gasteiger partial charge on any atom is -0.494 e. The molecule has 0 bridgehead atoms. The van der Waals surface area contributed by atoms with E-state index in [1.165, 1.54) is 6.40 Å². The maximum Gasteiger partial charge on any atom is 0.175 e. The number of hydrogen-bond donors (Lipinski definition) is 0. The molecule has 1 heterocycles. The molecular formula is C19H19Cl2NO2S. The van der Waals surface area contributed by atoms with E-state index >= 15 is 0 Å². The maximum atomic E-state index is 6.02. The summed E-state index contributed by atoms with van der Waals surface area (Å²) in [6.07, 6.45) is 2.43. The van der Waals surface area contributed by atoms with Crippen LogP contribution in [0, 0.1) is 0 Å². The van der Waals surface area contributed by atoms with E-state index in [-0.39, 0.29) is 5.60 Å². The number of fused-ring (bicyclic) bond motifs is 1. The predicted octanol–water partition coefficient (Wildman–Crippen LogP) is 6.48. The van der Waals surface area contributed by atoms with E-state index in [2.05, 4.69) is 4.99 Å². The Morgan fingerprint density at radius 2 is 1.96 bits per heavy atom. The molecule has 0 N–H and O–H groups in total. The van der Waals surface area contributed by atoms with Crippen LogP contribution in [0.1, 0.15) is 25.8 Å². The number of nitrogens with zero attached hydrogens (tertiary/aromatic N) is 1. The lowest BCUT2D eigenvalue weighted by molar-refractivity contribution is 0.0998. The molecule has 0 unspecified atom stereocenters. The van der Waals surface area contributed by atoms with Crippen molar-refractivity contribution in [2.24, 2.45) is 4.99 Å². The molecule has 0 atom stereocenters. The third kappa shape index (κ3) is 4.63. The van der Waals surface area contributed by atoms with Gasteiger partial charge in [0.25, 0.3) is 0 Å². The first kappa shape index (κ1) is 18.4. The SMILES string of the molecule is CC1(C)OC=Nc2ccc(OCCCSc3ccc(Cl)c(Cl)c3)cc21. The molecular weight excluding hydrogens is 377 g/mol. The molecule has 0 saturated heterocycles. The first-order valence-electron chi connectivity index (χ1n) is 8.01. The van der Waals surface area contributed by atoms with Crippen LogP contribution in [0.5, 0.6) is 5.75 Å². The molecule has 132 valence electrons. The summed E-state index contributed by atoms with van der Waals surface area (Å²) < 4.78 is 11.5. The second kappa shape index (κ2) is 7.90. The summed E-state index contributed by atoms with van der Waals surface area (Å²) in [5.74, 6) is 1.79. The van der Waals surface area contributed by atoms with Gasteiger partial charge < -0.3 is 9.47 Å². The van der Waals surface area contributed by atoms with E-state index in [9.17, 15) is 0 Å². The van der Waals surface area contributed by atoms with Crippen molar-refractivity contribution in [1.29, 1.82) is 0 Å². The average molecular weight is 396 g/mol. The lowest BCUT2D eigenvalue weighted by Gasteiger charge is -2.29. The van der Waals surface area contributed by atoms with Crippen LogP contribution >= 0.6 is 35.0 Å². The van der Waals surface area contributed by atoms with Crippen LogP contribution in [0.3, 0.4) is 0 Å². The van der Waals surface area contributed by atoms with Gasteiger partial charge in [0.2, 0.25) is 0 Å². The van der Waals surface area contributed by atoms with Crippen LogP contribution in [-0.4, -0.2) is 18.8 Å². The van der Waals surface area contributed by atoms with Crippen molar-refractivity contribution in [1.82, 2.24) is 0 Å². The topological polar surface area (TPSA) is 30.8 Å². The summed E-state index contributed by atoms with van der Waals surface area (Å²) in [6.45, 7) is 4.70.